The number of ether oxygens (including phenoxy) is 1. The fraction of sp³-hybridized carbons (Fsp3) is 0.235. The van der Waals surface area contributed by atoms with E-state index in [0.717, 1.165) is 5.56 Å². The average molecular weight is 297 g/mol. The van der Waals surface area contributed by atoms with Crippen molar-refractivity contribution in [1.29, 1.82) is 0 Å². The predicted molar refractivity (Wildman–Crippen MR) is 80.6 cm³/mol. The molecule has 22 heavy (non-hydrogen) atoms. The van der Waals surface area contributed by atoms with Crippen LogP contribution >= 0.6 is 0 Å². The van der Waals surface area contributed by atoms with Crippen molar-refractivity contribution in [3.63, 3.8) is 0 Å². The summed E-state index contributed by atoms with van der Waals surface area (Å²) in [6.07, 6.45) is 0.522. The van der Waals surface area contributed by atoms with Crippen LogP contribution in [0.5, 0.6) is 0 Å². The van der Waals surface area contributed by atoms with Gasteiger partial charge in [-0.25, -0.2) is 0 Å². The van der Waals surface area contributed by atoms with E-state index in [1.807, 2.05) is 30.3 Å². The molecule has 0 unspecified atom stereocenters. The number of nitro groups is 1. The molecule has 5 nitrogen and oxygen atoms in total. The van der Waals surface area contributed by atoms with Crippen LogP contribution in [0.3, 0.4) is 0 Å². The standard InChI is InChI=1S/C17H15NO4/c1-22-16(19)17(12-7-3-2-4-8-12)11-14(17)13-9-5-6-10-15(13)18(20)21/h2-10,14H,11H2,1H3/t14-,17+/m0/s1. The fourth-order valence-corrected chi connectivity index (χ4v) is 3.17. The molecular formula is C17H15NO4. The number of carbonyl (C=O) groups excluding carboxylic acids is 1. The van der Waals surface area contributed by atoms with E-state index in [2.05, 4.69) is 0 Å². The number of para-hydroxylation sites is 1. The summed E-state index contributed by atoms with van der Waals surface area (Å²) in [6, 6.07) is 15.9. The maximum atomic E-state index is 12.4. The summed E-state index contributed by atoms with van der Waals surface area (Å²) in [5, 5.41) is 11.2. The van der Waals surface area contributed by atoms with Gasteiger partial charge in [0.2, 0.25) is 0 Å². The first-order valence-electron chi connectivity index (χ1n) is 6.98. The molecule has 1 fully saturated rings. The number of nitrogens with zero attached hydrogens (tertiary/aromatic N) is 1. The summed E-state index contributed by atoms with van der Waals surface area (Å²) < 4.78 is 4.98. The van der Waals surface area contributed by atoms with Crippen LogP contribution in [0, 0.1) is 10.1 Å². The second kappa shape index (κ2) is 5.26. The Morgan fingerprint density at radius 1 is 1.18 bits per heavy atom. The van der Waals surface area contributed by atoms with Crippen LogP contribution < -0.4 is 0 Å². The lowest BCUT2D eigenvalue weighted by atomic mass is 9.90. The molecule has 1 aliphatic rings. The SMILES string of the molecule is COC(=O)[C@@]1(c2ccccc2)C[C@H]1c1ccccc1[N+](=O)[O-]. The van der Waals surface area contributed by atoms with E-state index in [-0.39, 0.29) is 17.6 Å². The third kappa shape index (κ3) is 2.06. The molecule has 112 valence electrons. The van der Waals surface area contributed by atoms with Gasteiger partial charge in [0.15, 0.2) is 0 Å². The quantitative estimate of drug-likeness (QED) is 0.493. The minimum Gasteiger partial charge on any atom is -0.468 e. The van der Waals surface area contributed by atoms with Crippen LogP contribution in [-0.4, -0.2) is 18.0 Å². The van der Waals surface area contributed by atoms with E-state index >= 15 is 0 Å². The van der Waals surface area contributed by atoms with Crippen LogP contribution in [-0.2, 0) is 14.9 Å². The summed E-state index contributed by atoms with van der Waals surface area (Å²) in [4.78, 5) is 23.2. The zero-order valence-electron chi connectivity index (χ0n) is 12.1. The van der Waals surface area contributed by atoms with Crippen molar-refractivity contribution < 1.29 is 14.5 Å². The summed E-state index contributed by atoms with van der Waals surface area (Å²) in [5.74, 6) is -0.578. The Kier molecular flexibility index (Phi) is 3.41. The van der Waals surface area contributed by atoms with Crippen LogP contribution in [0.15, 0.2) is 54.6 Å². The van der Waals surface area contributed by atoms with E-state index in [1.165, 1.54) is 13.2 Å². The smallest absolute Gasteiger partial charge is 0.316 e. The molecule has 0 heterocycles. The largest absolute Gasteiger partial charge is 0.468 e. The third-order valence-corrected chi connectivity index (χ3v) is 4.31. The summed E-state index contributed by atoms with van der Waals surface area (Å²) in [6.45, 7) is 0. The second-order valence-electron chi connectivity index (χ2n) is 5.40. The summed E-state index contributed by atoms with van der Waals surface area (Å²) in [5.41, 5.74) is 0.656. The van der Waals surface area contributed by atoms with Gasteiger partial charge in [0.1, 0.15) is 5.41 Å². The summed E-state index contributed by atoms with van der Waals surface area (Å²) in [7, 11) is 1.35. The van der Waals surface area contributed by atoms with Crippen molar-refractivity contribution >= 4 is 11.7 Å². The number of benzene rings is 2. The highest BCUT2D eigenvalue weighted by Gasteiger charge is 2.64. The highest BCUT2D eigenvalue weighted by molar-refractivity contribution is 5.89. The Bertz CT molecular complexity index is 728. The van der Waals surface area contributed by atoms with Gasteiger partial charge in [-0.05, 0) is 12.0 Å². The molecule has 2 aromatic rings. The first-order valence-corrected chi connectivity index (χ1v) is 6.98. The average Bonchev–Trinajstić information content (AvgIpc) is 3.31. The van der Waals surface area contributed by atoms with E-state index in [1.54, 1.807) is 18.2 Å². The molecule has 3 rings (SSSR count). The first kappa shape index (κ1) is 14.3. The Balaban J connectivity index is 2.08. The molecule has 0 bridgehead atoms. The minimum atomic E-state index is -0.817. The van der Waals surface area contributed by atoms with Crippen molar-refractivity contribution in [1.82, 2.24) is 0 Å². The molecule has 0 spiro atoms. The Morgan fingerprint density at radius 2 is 1.82 bits per heavy atom. The van der Waals surface area contributed by atoms with E-state index in [4.69, 9.17) is 4.74 Å². The Labute approximate surface area is 127 Å². The number of methoxy groups -OCH3 is 1. The van der Waals surface area contributed by atoms with Crippen LogP contribution in [0.2, 0.25) is 0 Å². The van der Waals surface area contributed by atoms with Crippen LogP contribution in [0.4, 0.5) is 5.69 Å². The lowest BCUT2D eigenvalue weighted by molar-refractivity contribution is -0.385. The van der Waals surface area contributed by atoms with Gasteiger partial charge < -0.3 is 4.74 Å². The number of carbonyl (C=O) groups is 1. The van der Waals surface area contributed by atoms with Gasteiger partial charge in [0.25, 0.3) is 5.69 Å². The molecule has 0 saturated heterocycles. The first-order chi connectivity index (χ1) is 10.6. The van der Waals surface area contributed by atoms with Crippen molar-refractivity contribution in [2.45, 2.75) is 17.8 Å². The van der Waals surface area contributed by atoms with Gasteiger partial charge in [0, 0.05) is 17.5 Å². The van der Waals surface area contributed by atoms with Gasteiger partial charge in [-0.15, -0.1) is 0 Å². The predicted octanol–water partition coefficient (Wildman–Crippen LogP) is 3.19. The topological polar surface area (TPSA) is 69.4 Å². The number of rotatable bonds is 4. The normalized spacial score (nSPS) is 22.9. The van der Waals surface area contributed by atoms with Gasteiger partial charge in [-0.3, -0.25) is 14.9 Å². The number of hydrogen-bond acceptors (Lipinski definition) is 4. The van der Waals surface area contributed by atoms with Crippen molar-refractivity contribution in [2.75, 3.05) is 7.11 Å². The van der Waals surface area contributed by atoms with Gasteiger partial charge in [0.05, 0.1) is 12.0 Å². The van der Waals surface area contributed by atoms with Crippen molar-refractivity contribution in [2.24, 2.45) is 0 Å². The van der Waals surface area contributed by atoms with E-state index < -0.39 is 10.3 Å². The lowest BCUT2D eigenvalue weighted by Gasteiger charge is -2.15. The molecule has 0 N–H and O–H groups in total. The molecule has 1 saturated carbocycles. The van der Waals surface area contributed by atoms with Crippen molar-refractivity contribution in [3.8, 4) is 0 Å². The molecule has 2 aromatic carbocycles. The second-order valence-corrected chi connectivity index (χ2v) is 5.40. The van der Waals surface area contributed by atoms with Crippen molar-refractivity contribution in [3.05, 3.63) is 75.8 Å². The summed E-state index contributed by atoms with van der Waals surface area (Å²) >= 11 is 0. The maximum Gasteiger partial charge on any atom is 0.316 e. The lowest BCUT2D eigenvalue weighted by Crippen LogP contribution is -2.24. The minimum absolute atomic E-state index is 0.0502. The molecule has 0 radical (unpaired) electrons. The monoisotopic (exact) mass is 297 g/mol. The molecule has 0 aromatic heterocycles. The molecule has 2 atom stereocenters. The van der Waals surface area contributed by atoms with Gasteiger partial charge in [-0.2, -0.15) is 0 Å². The highest BCUT2D eigenvalue weighted by Crippen LogP contribution is 2.62. The zero-order valence-corrected chi connectivity index (χ0v) is 12.1. The van der Waals surface area contributed by atoms with Gasteiger partial charge in [-0.1, -0.05) is 48.5 Å². The highest BCUT2D eigenvalue weighted by atomic mass is 16.6. The Hall–Kier alpha value is -2.69. The molecule has 0 amide bonds. The Morgan fingerprint density at radius 3 is 2.45 bits per heavy atom. The maximum absolute atomic E-state index is 12.4. The van der Waals surface area contributed by atoms with E-state index in [9.17, 15) is 14.9 Å². The third-order valence-electron chi connectivity index (χ3n) is 4.31. The fourth-order valence-electron chi connectivity index (χ4n) is 3.17. The van der Waals surface area contributed by atoms with Gasteiger partial charge >= 0.3 is 5.97 Å². The van der Waals surface area contributed by atoms with Crippen LogP contribution in [0.25, 0.3) is 0 Å². The number of nitro benzene ring substituents is 1. The molecule has 0 aliphatic heterocycles. The number of hydrogen-bond donors (Lipinski definition) is 0. The molecule has 5 heteroatoms. The number of esters is 1. The van der Waals surface area contributed by atoms with Crippen LogP contribution in [0.1, 0.15) is 23.5 Å². The molecule has 1 aliphatic carbocycles. The zero-order chi connectivity index (χ0) is 15.7. The molecular weight excluding hydrogens is 282 g/mol. The van der Waals surface area contributed by atoms with E-state index in [0.29, 0.717) is 12.0 Å².